The van der Waals surface area contributed by atoms with Gasteiger partial charge in [0.2, 0.25) is 0 Å². The lowest BCUT2D eigenvalue weighted by atomic mass is 10.1. The van der Waals surface area contributed by atoms with Crippen LogP contribution >= 0.6 is 31.9 Å². The van der Waals surface area contributed by atoms with Crippen molar-refractivity contribution >= 4 is 37.8 Å². The number of hydrogen-bond donors (Lipinski definition) is 1. The summed E-state index contributed by atoms with van der Waals surface area (Å²) in [4.78, 5) is 11.9. The predicted molar refractivity (Wildman–Crippen MR) is 74.0 cm³/mol. The zero-order valence-electron chi connectivity index (χ0n) is 9.64. The van der Waals surface area contributed by atoms with Crippen molar-refractivity contribution in [3.63, 3.8) is 0 Å². The highest BCUT2D eigenvalue weighted by Crippen LogP contribution is 2.16. The second-order valence-corrected chi connectivity index (χ2v) is 5.67. The summed E-state index contributed by atoms with van der Waals surface area (Å²) < 4.78 is 14.2. The number of carbonyl (C=O) groups is 1. The number of carbonyl (C=O) groups excluding carboxylic acids is 1. The molecule has 17 heavy (non-hydrogen) atoms. The molecule has 0 aromatic heterocycles. The normalized spacial score (nSPS) is 12.6. The number of nitrogens with one attached hydrogen (secondary N) is 1. The molecule has 2 nitrogen and oxygen atoms in total. The SMILES string of the molecule is CC(C)C(CBr)NC(=O)c1cc(Br)ccc1F. The van der Waals surface area contributed by atoms with Crippen LogP contribution in [-0.4, -0.2) is 17.3 Å². The fourth-order valence-electron chi connectivity index (χ4n) is 1.30. The molecular formula is C12H14Br2FNO. The number of rotatable bonds is 4. The van der Waals surface area contributed by atoms with Crippen LogP contribution in [0.2, 0.25) is 0 Å². The Morgan fingerprint density at radius 2 is 2.12 bits per heavy atom. The molecule has 1 atom stereocenters. The van der Waals surface area contributed by atoms with E-state index in [1.807, 2.05) is 13.8 Å². The van der Waals surface area contributed by atoms with Crippen LogP contribution < -0.4 is 5.32 Å². The molecule has 1 unspecified atom stereocenters. The van der Waals surface area contributed by atoms with Gasteiger partial charge in [0.05, 0.1) is 5.56 Å². The van der Waals surface area contributed by atoms with Gasteiger partial charge in [-0.2, -0.15) is 0 Å². The summed E-state index contributed by atoms with van der Waals surface area (Å²) in [6.07, 6.45) is 0. The summed E-state index contributed by atoms with van der Waals surface area (Å²) in [5.74, 6) is -0.613. The highest BCUT2D eigenvalue weighted by atomic mass is 79.9. The van der Waals surface area contributed by atoms with Crippen LogP contribution in [0.15, 0.2) is 22.7 Å². The number of halogens is 3. The lowest BCUT2D eigenvalue weighted by Gasteiger charge is -2.20. The molecule has 0 heterocycles. The number of alkyl halides is 1. The van der Waals surface area contributed by atoms with Gasteiger partial charge in [0.1, 0.15) is 5.82 Å². The summed E-state index contributed by atoms with van der Waals surface area (Å²) in [7, 11) is 0. The van der Waals surface area contributed by atoms with E-state index < -0.39 is 5.82 Å². The fraction of sp³-hybridized carbons (Fsp3) is 0.417. The van der Waals surface area contributed by atoms with Crippen molar-refractivity contribution in [2.75, 3.05) is 5.33 Å². The summed E-state index contributed by atoms with van der Waals surface area (Å²) in [5.41, 5.74) is 0.0611. The standard InChI is InChI=1S/C12H14Br2FNO/c1-7(2)11(6-13)16-12(17)9-5-8(14)3-4-10(9)15/h3-5,7,11H,6H2,1-2H3,(H,16,17). The lowest BCUT2D eigenvalue weighted by molar-refractivity contribution is 0.0927. The van der Waals surface area contributed by atoms with Gasteiger partial charge in [-0.25, -0.2) is 4.39 Å². The number of amides is 1. The Balaban J connectivity index is 2.86. The average Bonchev–Trinajstić information content (AvgIpc) is 2.28. The molecule has 0 aliphatic rings. The van der Waals surface area contributed by atoms with E-state index in [2.05, 4.69) is 37.2 Å². The van der Waals surface area contributed by atoms with Crippen LogP contribution in [0.25, 0.3) is 0 Å². The van der Waals surface area contributed by atoms with Gasteiger partial charge in [0.15, 0.2) is 0 Å². The molecule has 0 fully saturated rings. The summed E-state index contributed by atoms with van der Waals surface area (Å²) in [6.45, 7) is 4.01. The van der Waals surface area contributed by atoms with Gasteiger partial charge in [-0.3, -0.25) is 4.79 Å². The Labute approximate surface area is 117 Å². The quantitative estimate of drug-likeness (QED) is 0.808. The third-order valence-electron chi connectivity index (χ3n) is 2.46. The molecule has 0 radical (unpaired) electrons. The van der Waals surface area contributed by atoms with E-state index >= 15 is 0 Å². The van der Waals surface area contributed by atoms with Gasteiger partial charge in [-0.1, -0.05) is 45.7 Å². The topological polar surface area (TPSA) is 29.1 Å². The molecule has 1 N–H and O–H groups in total. The number of hydrogen-bond acceptors (Lipinski definition) is 1. The van der Waals surface area contributed by atoms with Crippen molar-refractivity contribution < 1.29 is 9.18 Å². The minimum Gasteiger partial charge on any atom is -0.348 e. The van der Waals surface area contributed by atoms with Crippen molar-refractivity contribution in [1.82, 2.24) is 5.32 Å². The highest BCUT2D eigenvalue weighted by molar-refractivity contribution is 9.10. The molecule has 0 aliphatic heterocycles. The van der Waals surface area contributed by atoms with Crippen LogP contribution in [0.5, 0.6) is 0 Å². The third-order valence-corrected chi connectivity index (χ3v) is 3.65. The minimum atomic E-state index is -0.511. The zero-order valence-corrected chi connectivity index (χ0v) is 12.8. The Bertz CT molecular complexity index is 409. The molecule has 0 saturated heterocycles. The maximum absolute atomic E-state index is 13.5. The summed E-state index contributed by atoms with van der Waals surface area (Å²) in [6, 6.07) is 4.31. The van der Waals surface area contributed by atoms with Crippen molar-refractivity contribution in [2.45, 2.75) is 19.9 Å². The highest BCUT2D eigenvalue weighted by Gasteiger charge is 2.18. The van der Waals surface area contributed by atoms with Crippen LogP contribution in [0.3, 0.4) is 0 Å². The molecule has 0 spiro atoms. The molecule has 1 amide bonds. The Morgan fingerprint density at radius 1 is 1.47 bits per heavy atom. The van der Waals surface area contributed by atoms with E-state index in [4.69, 9.17) is 0 Å². The lowest BCUT2D eigenvalue weighted by Crippen LogP contribution is -2.40. The zero-order chi connectivity index (χ0) is 13.0. The first-order chi connectivity index (χ1) is 7.95. The Kier molecular flexibility index (Phi) is 5.59. The predicted octanol–water partition coefficient (Wildman–Crippen LogP) is 3.74. The molecule has 0 bridgehead atoms. The van der Waals surface area contributed by atoms with E-state index in [-0.39, 0.29) is 23.4 Å². The van der Waals surface area contributed by atoms with E-state index in [0.29, 0.717) is 9.80 Å². The molecule has 0 saturated carbocycles. The van der Waals surface area contributed by atoms with Crippen LogP contribution in [0, 0.1) is 11.7 Å². The van der Waals surface area contributed by atoms with Gasteiger partial charge < -0.3 is 5.32 Å². The van der Waals surface area contributed by atoms with Gasteiger partial charge >= 0.3 is 0 Å². The Hall–Kier alpha value is -0.420. The average molecular weight is 367 g/mol. The number of benzene rings is 1. The summed E-state index contributed by atoms with van der Waals surface area (Å²) >= 11 is 6.55. The largest absolute Gasteiger partial charge is 0.348 e. The molecule has 1 aromatic rings. The summed E-state index contributed by atoms with van der Waals surface area (Å²) in [5, 5.41) is 3.45. The molecule has 0 aliphatic carbocycles. The van der Waals surface area contributed by atoms with Crippen molar-refractivity contribution in [3.05, 3.63) is 34.1 Å². The van der Waals surface area contributed by atoms with Crippen LogP contribution in [0.4, 0.5) is 4.39 Å². The maximum Gasteiger partial charge on any atom is 0.254 e. The van der Waals surface area contributed by atoms with Crippen LogP contribution in [-0.2, 0) is 0 Å². The van der Waals surface area contributed by atoms with Gasteiger partial charge in [-0.15, -0.1) is 0 Å². The molecule has 1 aromatic carbocycles. The van der Waals surface area contributed by atoms with E-state index in [9.17, 15) is 9.18 Å². The maximum atomic E-state index is 13.5. The van der Waals surface area contributed by atoms with Gasteiger partial charge in [0.25, 0.3) is 5.91 Å². The third kappa shape index (κ3) is 4.07. The van der Waals surface area contributed by atoms with E-state index in [0.717, 1.165) is 0 Å². The van der Waals surface area contributed by atoms with Gasteiger partial charge in [0, 0.05) is 15.8 Å². The molecular weight excluding hydrogens is 353 g/mol. The van der Waals surface area contributed by atoms with Gasteiger partial charge in [-0.05, 0) is 24.1 Å². The minimum absolute atomic E-state index is 0.0131. The smallest absolute Gasteiger partial charge is 0.254 e. The van der Waals surface area contributed by atoms with Crippen LogP contribution in [0.1, 0.15) is 24.2 Å². The first-order valence-electron chi connectivity index (χ1n) is 5.27. The van der Waals surface area contributed by atoms with E-state index in [1.54, 1.807) is 6.07 Å². The fourth-order valence-corrected chi connectivity index (χ4v) is 2.57. The van der Waals surface area contributed by atoms with Crippen molar-refractivity contribution in [1.29, 1.82) is 0 Å². The molecule has 1 rings (SSSR count). The van der Waals surface area contributed by atoms with Crippen molar-refractivity contribution in [2.24, 2.45) is 5.92 Å². The molecule has 5 heteroatoms. The van der Waals surface area contributed by atoms with E-state index in [1.165, 1.54) is 12.1 Å². The Morgan fingerprint density at radius 3 is 2.65 bits per heavy atom. The second kappa shape index (κ2) is 6.50. The first-order valence-corrected chi connectivity index (χ1v) is 7.19. The first kappa shape index (κ1) is 14.6. The monoisotopic (exact) mass is 365 g/mol. The van der Waals surface area contributed by atoms with Crippen molar-refractivity contribution in [3.8, 4) is 0 Å². The second-order valence-electron chi connectivity index (χ2n) is 4.10. The molecule has 94 valence electrons.